The molecule has 3 N–H and O–H groups in total. The van der Waals surface area contributed by atoms with Crippen molar-refractivity contribution in [3.05, 3.63) is 29.8 Å². The third kappa shape index (κ3) is 5.49. The number of ether oxygens (including phenoxy) is 1. The van der Waals surface area contributed by atoms with Crippen LogP contribution in [0.15, 0.2) is 24.3 Å². The molecule has 128 valence electrons. The van der Waals surface area contributed by atoms with Crippen LogP contribution in [0, 0.1) is 0 Å². The van der Waals surface area contributed by atoms with Crippen LogP contribution in [-0.2, 0) is 9.53 Å². The van der Waals surface area contributed by atoms with Crippen molar-refractivity contribution in [2.24, 2.45) is 5.73 Å². The van der Waals surface area contributed by atoms with Crippen molar-refractivity contribution in [1.82, 2.24) is 4.90 Å². The molecule has 1 unspecified atom stereocenters. The summed E-state index contributed by atoms with van der Waals surface area (Å²) in [4.78, 5) is 25.9. The molecule has 0 aliphatic carbocycles. The predicted molar refractivity (Wildman–Crippen MR) is 91.9 cm³/mol. The van der Waals surface area contributed by atoms with E-state index in [1.54, 1.807) is 24.3 Å². The smallest absolute Gasteiger partial charge is 0.253 e. The quantitative estimate of drug-likeness (QED) is 0.824. The molecule has 0 saturated carbocycles. The van der Waals surface area contributed by atoms with Crippen LogP contribution in [0.2, 0.25) is 0 Å². The van der Waals surface area contributed by atoms with Crippen LogP contribution < -0.4 is 11.1 Å². The van der Waals surface area contributed by atoms with Crippen molar-refractivity contribution >= 4 is 29.9 Å². The number of halogens is 1. The van der Waals surface area contributed by atoms with Crippen molar-refractivity contribution in [3.8, 4) is 0 Å². The van der Waals surface area contributed by atoms with E-state index < -0.39 is 0 Å². The summed E-state index contributed by atoms with van der Waals surface area (Å²) in [5.74, 6) is -0.103. The number of benzene rings is 1. The second kappa shape index (κ2) is 9.50. The summed E-state index contributed by atoms with van der Waals surface area (Å²) in [5, 5.41) is 2.78. The van der Waals surface area contributed by atoms with Gasteiger partial charge >= 0.3 is 0 Å². The van der Waals surface area contributed by atoms with Crippen LogP contribution in [0.5, 0.6) is 0 Å². The highest BCUT2D eigenvalue weighted by Gasteiger charge is 2.19. The molecule has 1 aromatic carbocycles. The van der Waals surface area contributed by atoms with Gasteiger partial charge in [0.05, 0.1) is 12.5 Å². The van der Waals surface area contributed by atoms with Gasteiger partial charge in [0.15, 0.2) is 0 Å². The third-order valence-corrected chi connectivity index (χ3v) is 3.82. The number of nitrogens with zero attached hydrogens (tertiary/aromatic N) is 1. The van der Waals surface area contributed by atoms with Gasteiger partial charge in [-0.05, 0) is 37.1 Å². The molecule has 7 heteroatoms. The molecule has 1 aliphatic heterocycles. The van der Waals surface area contributed by atoms with E-state index in [1.807, 2.05) is 4.90 Å². The molecule has 1 atom stereocenters. The average Bonchev–Trinajstić information content (AvgIpc) is 3.07. The number of carbonyl (C=O) groups excluding carboxylic acids is 2. The number of anilines is 1. The lowest BCUT2D eigenvalue weighted by atomic mass is 10.1. The topological polar surface area (TPSA) is 84.7 Å². The number of nitrogens with one attached hydrogen (secondary N) is 1. The second-order valence-electron chi connectivity index (χ2n) is 5.42. The molecule has 0 bridgehead atoms. The van der Waals surface area contributed by atoms with Gasteiger partial charge in [-0.2, -0.15) is 0 Å². The highest BCUT2D eigenvalue weighted by molar-refractivity contribution is 5.96. The Morgan fingerprint density at radius 2 is 1.87 bits per heavy atom. The maximum Gasteiger partial charge on any atom is 0.253 e. The highest BCUT2D eigenvalue weighted by atomic mass is 35.5. The van der Waals surface area contributed by atoms with Crippen LogP contribution >= 0.6 is 12.4 Å². The third-order valence-electron chi connectivity index (χ3n) is 3.82. The summed E-state index contributed by atoms with van der Waals surface area (Å²) in [6.07, 6.45) is 2.07. The van der Waals surface area contributed by atoms with E-state index in [2.05, 4.69) is 5.32 Å². The molecule has 2 amide bonds. The Morgan fingerprint density at radius 1 is 1.26 bits per heavy atom. The van der Waals surface area contributed by atoms with Gasteiger partial charge in [-0.3, -0.25) is 9.59 Å². The van der Waals surface area contributed by atoms with Crippen molar-refractivity contribution in [1.29, 1.82) is 0 Å². The molecule has 1 aromatic rings. The van der Waals surface area contributed by atoms with Crippen LogP contribution in [0.4, 0.5) is 5.69 Å². The fourth-order valence-corrected chi connectivity index (χ4v) is 2.48. The molecule has 1 fully saturated rings. The van der Waals surface area contributed by atoms with Gasteiger partial charge in [-0.25, -0.2) is 0 Å². The van der Waals surface area contributed by atoms with Gasteiger partial charge in [-0.1, -0.05) is 0 Å². The first-order valence-corrected chi connectivity index (χ1v) is 7.56. The molecule has 6 nitrogen and oxygen atoms in total. The number of hydrogen-bond donors (Lipinski definition) is 2. The predicted octanol–water partition coefficient (Wildman–Crippen LogP) is 1.65. The number of nitrogens with two attached hydrogens (primary N) is 1. The largest absolute Gasteiger partial charge is 0.380 e. The fourth-order valence-electron chi connectivity index (χ4n) is 2.48. The minimum Gasteiger partial charge on any atom is -0.380 e. The van der Waals surface area contributed by atoms with Gasteiger partial charge in [0.25, 0.3) is 5.91 Å². The Balaban J connectivity index is 0.00000264. The molecule has 0 aromatic heterocycles. The van der Waals surface area contributed by atoms with E-state index in [9.17, 15) is 9.59 Å². The maximum atomic E-state index is 12.2. The van der Waals surface area contributed by atoms with Gasteiger partial charge in [0.2, 0.25) is 5.91 Å². The number of methoxy groups -OCH3 is 1. The summed E-state index contributed by atoms with van der Waals surface area (Å²) in [7, 11) is 1.53. The second-order valence-corrected chi connectivity index (χ2v) is 5.42. The minimum absolute atomic E-state index is 0. The number of amides is 2. The van der Waals surface area contributed by atoms with Crippen molar-refractivity contribution < 1.29 is 14.3 Å². The van der Waals surface area contributed by atoms with Gasteiger partial charge in [0, 0.05) is 38.0 Å². The fraction of sp³-hybridized carbons (Fsp3) is 0.500. The van der Waals surface area contributed by atoms with E-state index in [-0.39, 0.29) is 36.7 Å². The SMILES string of the molecule is COC(CN)CC(=O)Nc1ccc(C(=O)N2CCCC2)cc1.Cl. The Morgan fingerprint density at radius 3 is 2.39 bits per heavy atom. The number of likely N-dealkylation sites (tertiary alicyclic amines) is 1. The molecule has 2 rings (SSSR count). The first kappa shape index (κ1) is 19.4. The van der Waals surface area contributed by atoms with Gasteiger partial charge in [-0.15, -0.1) is 12.4 Å². The molecule has 1 aliphatic rings. The standard InChI is InChI=1S/C16H23N3O3.ClH/c1-22-14(11-17)10-15(20)18-13-6-4-12(5-7-13)16(21)19-8-2-3-9-19;/h4-7,14H,2-3,8-11,17H2,1H3,(H,18,20);1H. The van der Waals surface area contributed by atoms with Crippen molar-refractivity contribution in [2.45, 2.75) is 25.4 Å². The monoisotopic (exact) mass is 341 g/mol. The summed E-state index contributed by atoms with van der Waals surface area (Å²) >= 11 is 0. The Bertz CT molecular complexity index is 512. The van der Waals surface area contributed by atoms with Gasteiger partial charge < -0.3 is 20.7 Å². The lowest BCUT2D eigenvalue weighted by Gasteiger charge is -2.15. The van der Waals surface area contributed by atoms with E-state index in [0.29, 0.717) is 17.8 Å². The van der Waals surface area contributed by atoms with Crippen LogP contribution in [0.25, 0.3) is 0 Å². The summed E-state index contributed by atoms with van der Waals surface area (Å²) in [6, 6.07) is 6.97. The molecule has 1 saturated heterocycles. The number of rotatable bonds is 6. The first-order valence-electron chi connectivity index (χ1n) is 7.56. The number of carbonyl (C=O) groups is 2. The van der Waals surface area contributed by atoms with E-state index >= 15 is 0 Å². The highest BCUT2D eigenvalue weighted by Crippen LogP contribution is 2.15. The Labute approximate surface area is 142 Å². The first-order chi connectivity index (χ1) is 10.6. The number of hydrogen-bond acceptors (Lipinski definition) is 4. The average molecular weight is 342 g/mol. The molecular formula is C16H24ClN3O3. The molecule has 23 heavy (non-hydrogen) atoms. The molecule has 0 spiro atoms. The van der Waals surface area contributed by atoms with E-state index in [0.717, 1.165) is 25.9 Å². The maximum absolute atomic E-state index is 12.2. The van der Waals surface area contributed by atoms with Crippen LogP contribution in [0.1, 0.15) is 29.6 Å². The Kier molecular flexibility index (Phi) is 8.02. The van der Waals surface area contributed by atoms with Crippen molar-refractivity contribution in [3.63, 3.8) is 0 Å². The zero-order valence-electron chi connectivity index (χ0n) is 13.3. The van der Waals surface area contributed by atoms with Gasteiger partial charge in [0.1, 0.15) is 0 Å². The minimum atomic E-state index is -0.281. The lowest BCUT2D eigenvalue weighted by Crippen LogP contribution is -2.28. The van der Waals surface area contributed by atoms with E-state index in [4.69, 9.17) is 10.5 Å². The summed E-state index contributed by atoms with van der Waals surface area (Å²) in [6.45, 7) is 1.96. The van der Waals surface area contributed by atoms with Crippen LogP contribution in [0.3, 0.4) is 0 Å². The zero-order chi connectivity index (χ0) is 15.9. The lowest BCUT2D eigenvalue weighted by molar-refractivity contribution is -0.118. The molecule has 1 heterocycles. The van der Waals surface area contributed by atoms with E-state index in [1.165, 1.54) is 7.11 Å². The zero-order valence-corrected chi connectivity index (χ0v) is 14.1. The summed E-state index contributed by atoms with van der Waals surface area (Å²) in [5.41, 5.74) is 6.80. The Hall–Kier alpha value is -1.63. The van der Waals surface area contributed by atoms with Crippen LogP contribution in [-0.4, -0.2) is 49.6 Å². The summed E-state index contributed by atoms with van der Waals surface area (Å²) < 4.78 is 5.08. The molecule has 0 radical (unpaired) electrons. The normalized spacial score (nSPS) is 15.0. The van der Waals surface area contributed by atoms with Crippen molar-refractivity contribution in [2.75, 3.05) is 32.1 Å². The molecular weight excluding hydrogens is 318 g/mol.